The molecular formula is C23H22IN3O3. The van der Waals surface area contributed by atoms with Crippen LogP contribution in [-0.2, 0) is 11.2 Å². The first kappa shape index (κ1) is 20.6. The number of fused-ring (bicyclic) bond motifs is 3. The van der Waals surface area contributed by atoms with Crippen molar-refractivity contribution < 1.29 is 14.3 Å². The molecule has 2 aromatic carbocycles. The molecule has 0 unspecified atom stereocenters. The van der Waals surface area contributed by atoms with Crippen LogP contribution in [0.5, 0.6) is 0 Å². The largest absolute Gasteiger partial charge is 0.443 e. The summed E-state index contributed by atoms with van der Waals surface area (Å²) in [5.41, 5.74) is 2.27. The third kappa shape index (κ3) is 3.98. The number of para-hydroxylation sites is 2. The third-order valence-electron chi connectivity index (χ3n) is 4.78. The number of hydrogen-bond donors (Lipinski definition) is 1. The summed E-state index contributed by atoms with van der Waals surface area (Å²) in [5.74, 6) is 0.292. The number of carbonyl (C=O) groups excluding carboxylic acids is 2. The van der Waals surface area contributed by atoms with Crippen molar-refractivity contribution in [1.29, 1.82) is 0 Å². The molecule has 6 nitrogen and oxygen atoms in total. The minimum absolute atomic E-state index is 0.251. The Balaban J connectivity index is 1.81. The van der Waals surface area contributed by atoms with Crippen molar-refractivity contribution in [2.24, 2.45) is 0 Å². The maximum absolute atomic E-state index is 13.4. The second-order valence-corrected chi connectivity index (χ2v) is 9.29. The van der Waals surface area contributed by atoms with Gasteiger partial charge in [0.2, 0.25) is 0 Å². The minimum Gasteiger partial charge on any atom is -0.443 e. The monoisotopic (exact) mass is 515 g/mol. The molecule has 30 heavy (non-hydrogen) atoms. The lowest BCUT2D eigenvalue weighted by atomic mass is 9.95. The van der Waals surface area contributed by atoms with E-state index in [0.29, 0.717) is 23.3 Å². The number of ether oxygens (including phenoxy) is 1. The summed E-state index contributed by atoms with van der Waals surface area (Å²) >= 11 is 2.26. The first-order valence-electron chi connectivity index (χ1n) is 9.72. The lowest BCUT2D eigenvalue weighted by Crippen LogP contribution is -2.45. The van der Waals surface area contributed by atoms with Crippen molar-refractivity contribution in [2.75, 3.05) is 11.9 Å². The third-order valence-corrected chi connectivity index (χ3v) is 5.72. The van der Waals surface area contributed by atoms with Gasteiger partial charge >= 0.3 is 6.09 Å². The fraction of sp³-hybridized carbons (Fsp3) is 0.261. The fourth-order valence-electron chi connectivity index (χ4n) is 3.48. The van der Waals surface area contributed by atoms with Crippen molar-refractivity contribution in [3.63, 3.8) is 0 Å². The van der Waals surface area contributed by atoms with Crippen LogP contribution in [0.1, 0.15) is 36.7 Å². The van der Waals surface area contributed by atoms with Crippen molar-refractivity contribution in [3.8, 4) is 0 Å². The lowest BCUT2D eigenvalue weighted by molar-refractivity contribution is 0.0234. The number of hydrogen-bond acceptors (Lipinski definition) is 5. The Morgan fingerprint density at radius 1 is 1.13 bits per heavy atom. The lowest BCUT2D eigenvalue weighted by Gasteiger charge is -2.31. The molecule has 0 saturated carbocycles. The maximum Gasteiger partial charge on any atom is 0.417 e. The van der Waals surface area contributed by atoms with Crippen LogP contribution in [0.3, 0.4) is 0 Å². The number of amides is 2. The maximum atomic E-state index is 13.4. The van der Waals surface area contributed by atoms with Crippen LogP contribution < -0.4 is 5.32 Å². The number of rotatable bonds is 2. The number of imide groups is 1. The van der Waals surface area contributed by atoms with Gasteiger partial charge in [-0.3, -0.25) is 4.79 Å². The minimum atomic E-state index is -0.672. The average Bonchev–Trinajstić information content (AvgIpc) is 2.68. The standard InChI is InChI=1S/C23H22IN3O3/c1-23(2,3)30-22(29)27-13-12-15-19(21(27)28)14-8-4-6-10-17(14)25-20(15)26-18-11-7-5-9-16(18)24/h4-11H,12-13H2,1-3H3,(H,25,26). The van der Waals surface area contributed by atoms with Crippen LogP contribution in [0, 0.1) is 3.57 Å². The van der Waals surface area contributed by atoms with Gasteiger partial charge in [-0.1, -0.05) is 30.3 Å². The molecule has 3 aromatic rings. The first-order valence-corrected chi connectivity index (χ1v) is 10.8. The number of benzene rings is 2. The van der Waals surface area contributed by atoms with E-state index in [4.69, 9.17) is 9.72 Å². The van der Waals surface area contributed by atoms with Crippen molar-refractivity contribution in [1.82, 2.24) is 9.88 Å². The SMILES string of the molecule is CC(C)(C)OC(=O)N1CCc2c(Nc3ccccc3I)nc3ccccc3c2C1=O. The molecule has 1 aromatic heterocycles. The van der Waals surface area contributed by atoms with Gasteiger partial charge < -0.3 is 10.1 Å². The summed E-state index contributed by atoms with van der Waals surface area (Å²) < 4.78 is 6.50. The average molecular weight is 515 g/mol. The molecular weight excluding hydrogens is 493 g/mol. The molecule has 2 amide bonds. The number of pyridine rings is 1. The Labute approximate surface area is 188 Å². The highest BCUT2D eigenvalue weighted by atomic mass is 127. The molecule has 1 aliphatic rings. The molecule has 7 heteroatoms. The Morgan fingerprint density at radius 3 is 2.57 bits per heavy atom. The Bertz CT molecular complexity index is 1150. The van der Waals surface area contributed by atoms with E-state index in [9.17, 15) is 9.59 Å². The molecule has 0 fully saturated rings. The van der Waals surface area contributed by atoms with Crippen LogP contribution >= 0.6 is 22.6 Å². The second-order valence-electron chi connectivity index (χ2n) is 8.12. The molecule has 4 rings (SSSR count). The van der Waals surface area contributed by atoms with Gasteiger partial charge in [-0.25, -0.2) is 14.7 Å². The van der Waals surface area contributed by atoms with E-state index in [0.717, 1.165) is 20.2 Å². The van der Waals surface area contributed by atoms with Gasteiger partial charge in [0.25, 0.3) is 5.91 Å². The fourth-order valence-corrected chi connectivity index (χ4v) is 4.01. The van der Waals surface area contributed by atoms with E-state index in [1.54, 1.807) is 20.8 Å². The normalized spacial score (nSPS) is 13.9. The highest BCUT2D eigenvalue weighted by molar-refractivity contribution is 14.1. The molecule has 0 atom stereocenters. The van der Waals surface area contributed by atoms with Gasteiger partial charge in [-0.15, -0.1) is 0 Å². The Morgan fingerprint density at radius 2 is 1.83 bits per heavy atom. The number of anilines is 2. The van der Waals surface area contributed by atoms with Gasteiger partial charge in [0.15, 0.2) is 0 Å². The molecule has 0 aliphatic carbocycles. The van der Waals surface area contributed by atoms with Crippen LogP contribution in [-0.4, -0.2) is 34.0 Å². The highest BCUT2D eigenvalue weighted by Crippen LogP contribution is 2.34. The quantitative estimate of drug-likeness (QED) is 0.456. The number of aromatic nitrogens is 1. The molecule has 0 saturated heterocycles. The van der Waals surface area contributed by atoms with Crippen molar-refractivity contribution in [3.05, 3.63) is 63.2 Å². The summed E-state index contributed by atoms with van der Waals surface area (Å²) in [4.78, 5) is 32.0. The summed E-state index contributed by atoms with van der Waals surface area (Å²) in [7, 11) is 0. The van der Waals surface area contributed by atoms with Crippen LogP contribution in [0.15, 0.2) is 48.5 Å². The molecule has 0 spiro atoms. The van der Waals surface area contributed by atoms with Gasteiger partial charge in [0.1, 0.15) is 11.4 Å². The van der Waals surface area contributed by atoms with E-state index in [2.05, 4.69) is 27.9 Å². The van der Waals surface area contributed by atoms with E-state index in [1.807, 2.05) is 48.5 Å². The zero-order valence-corrected chi connectivity index (χ0v) is 19.2. The van der Waals surface area contributed by atoms with Gasteiger partial charge in [0, 0.05) is 21.1 Å². The summed E-state index contributed by atoms with van der Waals surface area (Å²) in [6, 6.07) is 15.4. The van der Waals surface area contributed by atoms with Crippen molar-refractivity contribution >= 4 is 57.0 Å². The van der Waals surface area contributed by atoms with E-state index >= 15 is 0 Å². The molecule has 0 bridgehead atoms. The predicted octanol–water partition coefficient (Wildman–Crippen LogP) is 5.52. The second kappa shape index (κ2) is 7.86. The molecule has 154 valence electrons. The topological polar surface area (TPSA) is 71.5 Å². The van der Waals surface area contributed by atoms with Gasteiger partial charge in [-0.05, 0) is 68.0 Å². The smallest absolute Gasteiger partial charge is 0.417 e. The highest BCUT2D eigenvalue weighted by Gasteiger charge is 2.35. The van der Waals surface area contributed by atoms with E-state index < -0.39 is 11.7 Å². The summed E-state index contributed by atoms with van der Waals surface area (Å²) in [5, 5.41) is 4.13. The first-order chi connectivity index (χ1) is 14.2. The number of nitrogens with zero attached hydrogens (tertiary/aromatic N) is 2. The van der Waals surface area contributed by atoms with Gasteiger partial charge in [0.05, 0.1) is 16.8 Å². The molecule has 1 aliphatic heterocycles. The van der Waals surface area contributed by atoms with E-state index in [-0.39, 0.29) is 12.5 Å². The van der Waals surface area contributed by atoms with Crippen LogP contribution in [0.4, 0.5) is 16.3 Å². The predicted molar refractivity (Wildman–Crippen MR) is 125 cm³/mol. The van der Waals surface area contributed by atoms with Crippen molar-refractivity contribution in [2.45, 2.75) is 32.8 Å². The van der Waals surface area contributed by atoms with Crippen LogP contribution in [0.25, 0.3) is 10.9 Å². The summed E-state index contributed by atoms with van der Waals surface area (Å²) in [6.07, 6.45) is -0.115. The Kier molecular flexibility index (Phi) is 5.40. The zero-order chi connectivity index (χ0) is 21.5. The Hall–Kier alpha value is -2.68. The van der Waals surface area contributed by atoms with Gasteiger partial charge in [-0.2, -0.15) is 0 Å². The zero-order valence-electron chi connectivity index (χ0n) is 17.0. The molecule has 1 N–H and O–H groups in total. The van der Waals surface area contributed by atoms with E-state index in [1.165, 1.54) is 4.90 Å². The number of nitrogens with one attached hydrogen (secondary N) is 1. The van der Waals surface area contributed by atoms with Crippen LogP contribution in [0.2, 0.25) is 0 Å². The summed E-state index contributed by atoms with van der Waals surface area (Å²) in [6.45, 7) is 5.61. The molecule has 0 radical (unpaired) electrons. The molecule has 2 heterocycles. The number of carbonyl (C=O) groups is 2. The number of halogens is 1.